The van der Waals surface area contributed by atoms with Crippen molar-refractivity contribution in [3.8, 4) is 33.4 Å². The van der Waals surface area contributed by atoms with E-state index in [9.17, 15) is 0 Å². The molecule has 3 aliphatic carbocycles. The van der Waals surface area contributed by atoms with Crippen molar-refractivity contribution >= 4 is 77.2 Å². The number of anilines is 6. The minimum Gasteiger partial charge on any atom is -0.310 e. The van der Waals surface area contributed by atoms with Crippen molar-refractivity contribution in [2.24, 2.45) is 0 Å². The van der Waals surface area contributed by atoms with Gasteiger partial charge in [0.15, 0.2) is 0 Å². The number of nitrogens with zero attached hydrogens (tertiary/aromatic N) is 2. The summed E-state index contributed by atoms with van der Waals surface area (Å²) in [7, 11) is 0. The van der Waals surface area contributed by atoms with Gasteiger partial charge >= 0.3 is 0 Å². The molecule has 2 heteroatoms. The molecule has 0 radical (unpaired) electrons. The predicted molar refractivity (Wildman–Crippen MR) is 290 cm³/mol. The number of benzene rings is 11. The quantitative estimate of drug-likeness (QED) is 0.140. The highest BCUT2D eigenvalue weighted by atomic mass is 15.2. The van der Waals surface area contributed by atoms with Gasteiger partial charge in [0, 0.05) is 39.1 Å². The first kappa shape index (κ1) is 39.5. The summed E-state index contributed by atoms with van der Waals surface area (Å²) in [6.45, 7) is 9.13. The summed E-state index contributed by atoms with van der Waals surface area (Å²) in [6, 6.07) is 72.2. The van der Waals surface area contributed by atoms with Gasteiger partial charge in [0.05, 0.1) is 17.1 Å². The minimum absolute atomic E-state index is 0.442. The lowest BCUT2D eigenvalue weighted by molar-refractivity contribution is 0.627. The molecule has 1 unspecified atom stereocenters. The van der Waals surface area contributed by atoms with Gasteiger partial charge in [-0.25, -0.2) is 0 Å². The molecule has 11 aromatic carbocycles. The molecule has 0 heterocycles. The van der Waals surface area contributed by atoms with Crippen molar-refractivity contribution in [1.82, 2.24) is 0 Å². The third-order valence-electron chi connectivity index (χ3n) is 16.0. The van der Waals surface area contributed by atoms with E-state index in [0.717, 1.165) is 12.1 Å². The van der Waals surface area contributed by atoms with E-state index in [1.807, 2.05) is 0 Å². The molecule has 0 saturated heterocycles. The second kappa shape index (κ2) is 14.9. The van der Waals surface area contributed by atoms with Gasteiger partial charge in [-0.05, 0) is 168 Å². The second-order valence-electron chi connectivity index (χ2n) is 20.2. The first-order valence-corrected chi connectivity index (χ1v) is 24.8. The van der Waals surface area contributed by atoms with Gasteiger partial charge in [-0.15, -0.1) is 0 Å². The van der Waals surface area contributed by atoms with Crippen molar-refractivity contribution in [3.63, 3.8) is 0 Å². The van der Waals surface area contributed by atoms with Crippen LogP contribution in [-0.4, -0.2) is 0 Å². The lowest BCUT2D eigenvalue weighted by Gasteiger charge is -2.33. The van der Waals surface area contributed by atoms with Crippen molar-refractivity contribution in [2.75, 3.05) is 9.80 Å². The fourth-order valence-corrected chi connectivity index (χ4v) is 12.7. The maximum Gasteiger partial charge on any atom is 0.0540 e. The first-order valence-electron chi connectivity index (χ1n) is 24.8. The van der Waals surface area contributed by atoms with E-state index in [2.05, 4.69) is 226 Å². The van der Waals surface area contributed by atoms with E-state index < -0.39 is 0 Å². The van der Waals surface area contributed by atoms with Gasteiger partial charge in [0.2, 0.25) is 0 Å². The van der Waals surface area contributed by atoms with Crippen LogP contribution in [0.2, 0.25) is 0 Å². The third kappa shape index (κ3) is 5.64. The SMILES string of the molecule is CC(C)c1ccc(N(c2ccc3c4c2CCCC4c2ccccc2-3)c2ccc3ccc4c(N(c5ccc(C(C)C)cc5)c5ccc6c7c(cccc57)-c5ccccc5-6)ccc5ccc2c3c54)cc1. The molecule has 68 heavy (non-hydrogen) atoms. The van der Waals surface area contributed by atoms with E-state index in [0.29, 0.717) is 17.8 Å². The largest absolute Gasteiger partial charge is 0.310 e. The molecule has 0 aliphatic heterocycles. The van der Waals surface area contributed by atoms with Gasteiger partial charge in [-0.2, -0.15) is 0 Å². The molecule has 11 aromatic rings. The van der Waals surface area contributed by atoms with Crippen LogP contribution in [0.15, 0.2) is 188 Å². The number of fused-ring (bicyclic) bond motifs is 6. The molecule has 3 aliphatic rings. The molecule has 0 spiro atoms. The fourth-order valence-electron chi connectivity index (χ4n) is 12.7. The van der Waals surface area contributed by atoms with E-state index >= 15 is 0 Å². The Balaban J connectivity index is 1.01. The molecule has 0 fully saturated rings. The molecule has 2 nitrogen and oxygen atoms in total. The van der Waals surface area contributed by atoms with Gasteiger partial charge in [-0.1, -0.05) is 167 Å². The summed E-state index contributed by atoms with van der Waals surface area (Å²) < 4.78 is 0. The third-order valence-corrected chi connectivity index (χ3v) is 16.0. The van der Waals surface area contributed by atoms with Gasteiger partial charge < -0.3 is 9.80 Å². The average molecular weight is 873 g/mol. The Morgan fingerprint density at radius 2 is 0.853 bits per heavy atom. The van der Waals surface area contributed by atoms with Crippen molar-refractivity contribution in [3.05, 3.63) is 216 Å². The zero-order chi connectivity index (χ0) is 45.4. The Hall–Kier alpha value is -7.68. The maximum atomic E-state index is 2.60. The van der Waals surface area contributed by atoms with Crippen molar-refractivity contribution in [1.29, 1.82) is 0 Å². The number of hydrogen-bond donors (Lipinski definition) is 0. The Morgan fingerprint density at radius 1 is 0.382 bits per heavy atom. The molecular formula is C66H52N2. The van der Waals surface area contributed by atoms with E-state index in [-0.39, 0.29) is 0 Å². The normalized spacial score (nSPS) is 14.4. The summed E-state index contributed by atoms with van der Waals surface area (Å²) in [5.41, 5.74) is 22.6. The first-order chi connectivity index (χ1) is 33.4. The lowest BCUT2D eigenvalue weighted by Crippen LogP contribution is -2.17. The molecular weight excluding hydrogens is 821 g/mol. The predicted octanol–water partition coefficient (Wildman–Crippen LogP) is 19.0. The summed E-state index contributed by atoms with van der Waals surface area (Å²) in [6.07, 6.45) is 3.47. The highest BCUT2D eigenvalue weighted by Crippen LogP contribution is 2.56. The van der Waals surface area contributed by atoms with Gasteiger partial charge in [-0.3, -0.25) is 0 Å². The highest BCUT2D eigenvalue weighted by Gasteiger charge is 2.36. The molecule has 0 N–H and O–H groups in total. The number of rotatable bonds is 8. The van der Waals surface area contributed by atoms with Crippen LogP contribution in [0.25, 0.3) is 76.5 Å². The van der Waals surface area contributed by atoms with Gasteiger partial charge in [0.25, 0.3) is 0 Å². The molecule has 1 atom stereocenters. The molecule has 0 saturated carbocycles. The molecule has 0 aromatic heterocycles. The number of hydrogen-bond acceptors (Lipinski definition) is 2. The minimum atomic E-state index is 0.442. The van der Waals surface area contributed by atoms with E-state index in [1.54, 1.807) is 5.56 Å². The van der Waals surface area contributed by atoms with Crippen LogP contribution in [0.5, 0.6) is 0 Å². The van der Waals surface area contributed by atoms with Crippen molar-refractivity contribution in [2.45, 2.75) is 64.7 Å². The maximum absolute atomic E-state index is 2.60. The van der Waals surface area contributed by atoms with Crippen LogP contribution < -0.4 is 9.80 Å². The highest BCUT2D eigenvalue weighted by molar-refractivity contribution is 6.29. The van der Waals surface area contributed by atoms with Gasteiger partial charge in [0.1, 0.15) is 0 Å². The summed E-state index contributed by atoms with van der Waals surface area (Å²) in [4.78, 5) is 5.14. The van der Waals surface area contributed by atoms with Crippen LogP contribution in [-0.2, 0) is 6.42 Å². The average Bonchev–Trinajstić information content (AvgIpc) is 3.89. The fraction of sp³-hybridized carbons (Fsp3) is 0.152. The molecule has 14 rings (SSSR count). The van der Waals surface area contributed by atoms with E-state index in [4.69, 9.17) is 0 Å². The summed E-state index contributed by atoms with van der Waals surface area (Å²) >= 11 is 0. The second-order valence-corrected chi connectivity index (χ2v) is 20.2. The zero-order valence-electron chi connectivity index (χ0n) is 39.1. The molecule has 0 bridgehead atoms. The Morgan fingerprint density at radius 3 is 1.46 bits per heavy atom. The Kier molecular flexibility index (Phi) is 8.66. The van der Waals surface area contributed by atoms with Crippen LogP contribution in [0.3, 0.4) is 0 Å². The van der Waals surface area contributed by atoms with Crippen LogP contribution in [0.4, 0.5) is 34.1 Å². The summed E-state index contributed by atoms with van der Waals surface area (Å²) in [5, 5.41) is 10.3. The van der Waals surface area contributed by atoms with Crippen LogP contribution >= 0.6 is 0 Å². The summed E-state index contributed by atoms with van der Waals surface area (Å²) in [5.74, 6) is 1.35. The Labute approximate surface area is 399 Å². The van der Waals surface area contributed by atoms with Crippen LogP contribution in [0.1, 0.15) is 86.1 Å². The monoisotopic (exact) mass is 872 g/mol. The Bertz CT molecular complexity index is 3810. The smallest absolute Gasteiger partial charge is 0.0540 e. The standard InChI is InChI=1S/C66H52N2/c1-39(2)41-19-27-45(28-20-41)67(61-37-33-53-49-13-7-5-11-47(49)51-15-9-17-55(61)65(51)53)59-35-25-43-24-32-58-60(36-26-44-23-31-57(59)63(43)64(44)58)68(46-29-21-42(22-30-46)40(3)4)62-38-34-54-50-14-8-6-12-48(50)52-16-10-18-56(62)66(52)54/h5-9,11-15,17,19-40,52H,10,16,18H2,1-4H3. The molecule has 326 valence electrons. The lowest BCUT2D eigenvalue weighted by atomic mass is 9.81. The topological polar surface area (TPSA) is 6.48 Å². The van der Waals surface area contributed by atoms with Crippen LogP contribution in [0, 0.1) is 0 Å². The van der Waals surface area contributed by atoms with E-state index in [1.165, 1.54) is 140 Å². The van der Waals surface area contributed by atoms with Crippen molar-refractivity contribution < 1.29 is 0 Å². The molecule has 0 amide bonds. The zero-order valence-corrected chi connectivity index (χ0v) is 39.1.